The number of carbonyl (C=O) groups is 1. The third-order valence-corrected chi connectivity index (χ3v) is 2.77. The third-order valence-electron chi connectivity index (χ3n) is 2.77. The maximum atomic E-state index is 11.4. The molecule has 1 saturated carbocycles. The van der Waals surface area contributed by atoms with Gasteiger partial charge in [0.15, 0.2) is 0 Å². The van der Waals surface area contributed by atoms with Crippen LogP contribution in [0.25, 0.3) is 0 Å². The SMILES string of the molecule is CC(C)=C(C)COC(=O)C1(C)CC1. The van der Waals surface area contributed by atoms with Crippen LogP contribution in [0.4, 0.5) is 0 Å². The Hall–Kier alpha value is -0.790. The van der Waals surface area contributed by atoms with Crippen LogP contribution in [0, 0.1) is 5.41 Å². The Kier molecular flexibility index (Phi) is 2.79. The number of esters is 1. The molecule has 1 aliphatic rings. The monoisotopic (exact) mass is 182 g/mol. The van der Waals surface area contributed by atoms with Crippen molar-refractivity contribution < 1.29 is 9.53 Å². The maximum Gasteiger partial charge on any atom is 0.312 e. The third kappa shape index (κ3) is 2.58. The molecule has 2 nitrogen and oxygen atoms in total. The molecule has 1 rings (SSSR count). The van der Waals surface area contributed by atoms with E-state index in [0.717, 1.165) is 18.4 Å². The Morgan fingerprint density at radius 3 is 2.23 bits per heavy atom. The van der Waals surface area contributed by atoms with E-state index in [1.54, 1.807) is 0 Å². The molecular formula is C11H18O2. The van der Waals surface area contributed by atoms with Crippen LogP contribution in [0.1, 0.15) is 40.5 Å². The zero-order chi connectivity index (χ0) is 10.1. The summed E-state index contributed by atoms with van der Waals surface area (Å²) < 4.78 is 5.20. The summed E-state index contributed by atoms with van der Waals surface area (Å²) in [6.07, 6.45) is 1.97. The summed E-state index contributed by atoms with van der Waals surface area (Å²) in [5.41, 5.74) is 2.23. The van der Waals surface area contributed by atoms with Crippen LogP contribution >= 0.6 is 0 Å². The van der Waals surface area contributed by atoms with Crippen molar-refractivity contribution in [1.29, 1.82) is 0 Å². The van der Waals surface area contributed by atoms with E-state index in [0.29, 0.717) is 6.61 Å². The van der Waals surface area contributed by atoms with Gasteiger partial charge in [0, 0.05) is 0 Å². The van der Waals surface area contributed by atoms with Crippen LogP contribution in [0.15, 0.2) is 11.1 Å². The average molecular weight is 182 g/mol. The number of ether oxygens (including phenoxy) is 1. The van der Waals surface area contributed by atoms with Gasteiger partial charge >= 0.3 is 5.97 Å². The van der Waals surface area contributed by atoms with Crippen molar-refractivity contribution in [3.05, 3.63) is 11.1 Å². The van der Waals surface area contributed by atoms with Gasteiger partial charge in [0.05, 0.1) is 5.41 Å². The zero-order valence-corrected chi connectivity index (χ0v) is 8.94. The molecule has 2 heteroatoms. The highest BCUT2D eigenvalue weighted by Gasteiger charge is 2.46. The molecule has 13 heavy (non-hydrogen) atoms. The second-order valence-electron chi connectivity index (χ2n) is 4.42. The minimum Gasteiger partial charge on any atom is -0.461 e. The number of hydrogen-bond acceptors (Lipinski definition) is 2. The molecular weight excluding hydrogens is 164 g/mol. The minimum atomic E-state index is -0.151. The second-order valence-corrected chi connectivity index (χ2v) is 4.42. The lowest BCUT2D eigenvalue weighted by molar-refractivity contribution is -0.148. The molecule has 0 unspecified atom stereocenters. The highest BCUT2D eigenvalue weighted by molar-refractivity contribution is 5.79. The molecule has 0 saturated heterocycles. The molecule has 0 spiro atoms. The first kappa shape index (κ1) is 10.3. The van der Waals surface area contributed by atoms with Crippen molar-refractivity contribution in [1.82, 2.24) is 0 Å². The van der Waals surface area contributed by atoms with Crippen LogP contribution in [-0.4, -0.2) is 12.6 Å². The fraction of sp³-hybridized carbons (Fsp3) is 0.727. The lowest BCUT2D eigenvalue weighted by Gasteiger charge is -2.10. The number of rotatable bonds is 3. The second kappa shape index (κ2) is 3.52. The molecule has 0 radical (unpaired) electrons. The van der Waals surface area contributed by atoms with E-state index in [1.165, 1.54) is 5.57 Å². The normalized spacial score (nSPS) is 17.8. The first-order chi connectivity index (χ1) is 5.96. The van der Waals surface area contributed by atoms with E-state index < -0.39 is 0 Å². The average Bonchev–Trinajstić information content (AvgIpc) is 2.79. The summed E-state index contributed by atoms with van der Waals surface area (Å²) in [6, 6.07) is 0. The summed E-state index contributed by atoms with van der Waals surface area (Å²) >= 11 is 0. The van der Waals surface area contributed by atoms with E-state index in [9.17, 15) is 4.79 Å². The predicted octanol–water partition coefficient (Wildman–Crippen LogP) is 2.69. The summed E-state index contributed by atoms with van der Waals surface area (Å²) in [5, 5.41) is 0. The molecule has 1 fully saturated rings. The maximum absolute atomic E-state index is 11.4. The Morgan fingerprint density at radius 2 is 1.85 bits per heavy atom. The van der Waals surface area contributed by atoms with Gasteiger partial charge in [-0.05, 0) is 46.1 Å². The number of hydrogen-bond donors (Lipinski definition) is 0. The Morgan fingerprint density at radius 1 is 1.31 bits per heavy atom. The van der Waals surface area contributed by atoms with Crippen LogP contribution < -0.4 is 0 Å². The van der Waals surface area contributed by atoms with Crippen molar-refractivity contribution >= 4 is 5.97 Å². The van der Waals surface area contributed by atoms with Crippen molar-refractivity contribution in [3.8, 4) is 0 Å². The van der Waals surface area contributed by atoms with Gasteiger partial charge in [-0.2, -0.15) is 0 Å². The largest absolute Gasteiger partial charge is 0.461 e. The van der Waals surface area contributed by atoms with Crippen molar-refractivity contribution in [2.45, 2.75) is 40.5 Å². The van der Waals surface area contributed by atoms with Gasteiger partial charge in [-0.1, -0.05) is 5.57 Å². The van der Waals surface area contributed by atoms with E-state index in [4.69, 9.17) is 4.74 Å². The van der Waals surface area contributed by atoms with Gasteiger partial charge in [0.1, 0.15) is 6.61 Å². The summed E-state index contributed by atoms with van der Waals surface area (Å²) in [4.78, 5) is 11.4. The Labute approximate surface area is 80.0 Å². The van der Waals surface area contributed by atoms with Crippen molar-refractivity contribution in [3.63, 3.8) is 0 Å². The highest BCUT2D eigenvalue weighted by atomic mass is 16.5. The predicted molar refractivity (Wildman–Crippen MR) is 52.3 cm³/mol. The molecule has 0 bridgehead atoms. The lowest BCUT2D eigenvalue weighted by Crippen LogP contribution is -2.16. The van der Waals surface area contributed by atoms with Gasteiger partial charge in [-0.15, -0.1) is 0 Å². The molecule has 0 aromatic rings. The smallest absolute Gasteiger partial charge is 0.312 e. The molecule has 0 aliphatic heterocycles. The van der Waals surface area contributed by atoms with Crippen LogP contribution in [0.3, 0.4) is 0 Å². The van der Waals surface area contributed by atoms with Crippen molar-refractivity contribution in [2.75, 3.05) is 6.61 Å². The summed E-state index contributed by atoms with van der Waals surface area (Å²) in [5.74, 6) is -0.0342. The fourth-order valence-corrected chi connectivity index (χ4v) is 0.884. The van der Waals surface area contributed by atoms with Crippen LogP contribution in [0.2, 0.25) is 0 Å². The van der Waals surface area contributed by atoms with Gasteiger partial charge in [0.25, 0.3) is 0 Å². The number of allylic oxidation sites excluding steroid dienone is 1. The minimum absolute atomic E-state index is 0.0342. The van der Waals surface area contributed by atoms with E-state index >= 15 is 0 Å². The van der Waals surface area contributed by atoms with Gasteiger partial charge in [-0.3, -0.25) is 4.79 Å². The first-order valence-electron chi connectivity index (χ1n) is 4.76. The molecule has 1 aliphatic carbocycles. The van der Waals surface area contributed by atoms with E-state index in [2.05, 4.69) is 0 Å². The zero-order valence-electron chi connectivity index (χ0n) is 8.94. The topological polar surface area (TPSA) is 26.3 Å². The standard InChI is InChI=1S/C11H18O2/c1-8(2)9(3)7-13-10(12)11(4)5-6-11/h5-7H2,1-4H3. The Bertz CT molecular complexity index is 243. The molecule has 0 amide bonds. The summed E-state index contributed by atoms with van der Waals surface area (Å²) in [7, 11) is 0. The summed E-state index contributed by atoms with van der Waals surface area (Å²) in [6.45, 7) is 8.48. The molecule has 0 atom stereocenters. The number of carbonyl (C=O) groups excluding carboxylic acids is 1. The Balaban J connectivity index is 2.35. The van der Waals surface area contributed by atoms with E-state index in [1.807, 2.05) is 27.7 Å². The fourth-order valence-electron chi connectivity index (χ4n) is 0.884. The van der Waals surface area contributed by atoms with Crippen LogP contribution in [-0.2, 0) is 9.53 Å². The molecule has 0 aromatic heterocycles. The quantitative estimate of drug-likeness (QED) is 0.495. The van der Waals surface area contributed by atoms with Gasteiger partial charge < -0.3 is 4.74 Å². The van der Waals surface area contributed by atoms with Gasteiger partial charge in [-0.25, -0.2) is 0 Å². The van der Waals surface area contributed by atoms with E-state index in [-0.39, 0.29) is 11.4 Å². The van der Waals surface area contributed by atoms with Crippen LogP contribution in [0.5, 0.6) is 0 Å². The van der Waals surface area contributed by atoms with Gasteiger partial charge in [0.2, 0.25) is 0 Å². The lowest BCUT2D eigenvalue weighted by atomic mass is 10.1. The molecule has 0 aromatic carbocycles. The van der Waals surface area contributed by atoms with Crippen molar-refractivity contribution in [2.24, 2.45) is 5.41 Å². The first-order valence-corrected chi connectivity index (χ1v) is 4.76. The molecule has 74 valence electrons. The molecule has 0 heterocycles. The molecule has 0 N–H and O–H groups in total. The highest BCUT2D eigenvalue weighted by Crippen LogP contribution is 2.45.